The predicted octanol–water partition coefficient (Wildman–Crippen LogP) is 1.72. The Kier molecular flexibility index (Phi) is 1.63. The van der Waals surface area contributed by atoms with Crippen molar-refractivity contribution in [2.45, 2.75) is 6.42 Å². The number of rotatable bonds is 2. The molecule has 1 aliphatic rings. The molecule has 0 saturated heterocycles. The Balaban J connectivity index is 2.48. The first-order valence-electron chi connectivity index (χ1n) is 3.74. The molecule has 0 fully saturated rings. The van der Waals surface area contributed by atoms with E-state index in [2.05, 4.69) is 21.9 Å². The standard InChI is InChI=1S/C9H8N3/c1-2-3-7-4-5-10-9-8(7)11-6-12-9/h2,4-6H,1,3H2. The average Bonchev–Trinajstić information content (AvgIpc) is 2.53. The van der Waals surface area contributed by atoms with E-state index in [1.807, 2.05) is 12.1 Å². The van der Waals surface area contributed by atoms with Gasteiger partial charge in [-0.3, -0.25) is 0 Å². The van der Waals surface area contributed by atoms with Crippen LogP contribution >= 0.6 is 0 Å². The summed E-state index contributed by atoms with van der Waals surface area (Å²) in [7, 11) is 0. The molecule has 0 amide bonds. The van der Waals surface area contributed by atoms with Crippen LogP contribution < -0.4 is 5.32 Å². The maximum Gasteiger partial charge on any atom is 0.179 e. The topological polar surface area (TPSA) is 39.4 Å². The molecule has 0 aromatic carbocycles. The van der Waals surface area contributed by atoms with E-state index in [1.165, 1.54) is 6.34 Å². The molecule has 2 rings (SSSR count). The molecule has 0 spiro atoms. The van der Waals surface area contributed by atoms with Crippen molar-refractivity contribution in [3.8, 4) is 0 Å². The fourth-order valence-electron chi connectivity index (χ4n) is 1.18. The second kappa shape index (κ2) is 2.77. The second-order valence-electron chi connectivity index (χ2n) is 2.51. The van der Waals surface area contributed by atoms with Gasteiger partial charge in [0.1, 0.15) is 12.0 Å². The van der Waals surface area contributed by atoms with Gasteiger partial charge in [-0.15, -0.1) is 6.58 Å². The molecule has 1 radical (unpaired) electrons. The summed E-state index contributed by atoms with van der Waals surface area (Å²) in [6, 6.07) is 1.94. The molecule has 0 N–H and O–H groups in total. The maximum absolute atomic E-state index is 4.12. The lowest BCUT2D eigenvalue weighted by atomic mass is 10.1. The van der Waals surface area contributed by atoms with Gasteiger partial charge in [0.25, 0.3) is 0 Å². The van der Waals surface area contributed by atoms with Gasteiger partial charge in [-0.1, -0.05) is 6.08 Å². The fourth-order valence-corrected chi connectivity index (χ4v) is 1.18. The highest BCUT2D eigenvalue weighted by Gasteiger charge is 2.11. The third-order valence-electron chi connectivity index (χ3n) is 1.72. The third kappa shape index (κ3) is 0.993. The van der Waals surface area contributed by atoms with Crippen LogP contribution in [-0.4, -0.2) is 11.3 Å². The lowest BCUT2D eigenvalue weighted by Crippen LogP contribution is -1.90. The zero-order valence-corrected chi connectivity index (χ0v) is 6.57. The zero-order valence-electron chi connectivity index (χ0n) is 6.57. The van der Waals surface area contributed by atoms with Gasteiger partial charge in [0.05, 0.1) is 0 Å². The normalized spacial score (nSPS) is 12.3. The van der Waals surface area contributed by atoms with E-state index in [-0.39, 0.29) is 0 Å². The van der Waals surface area contributed by atoms with E-state index in [0.29, 0.717) is 5.82 Å². The summed E-state index contributed by atoms with van der Waals surface area (Å²) in [6.45, 7) is 3.68. The molecule has 3 heteroatoms. The SMILES string of the molecule is C=CCc1ccnc2c1N=C[N]2. The Morgan fingerprint density at radius 1 is 1.50 bits per heavy atom. The molecule has 1 aromatic rings. The Hall–Kier alpha value is -1.64. The van der Waals surface area contributed by atoms with Crippen molar-refractivity contribution in [1.82, 2.24) is 10.3 Å². The van der Waals surface area contributed by atoms with Crippen LogP contribution in [-0.2, 0) is 6.42 Å². The van der Waals surface area contributed by atoms with Gasteiger partial charge in [0.2, 0.25) is 0 Å². The van der Waals surface area contributed by atoms with E-state index < -0.39 is 0 Å². The van der Waals surface area contributed by atoms with Crippen molar-refractivity contribution in [3.05, 3.63) is 30.5 Å². The summed E-state index contributed by atoms with van der Waals surface area (Å²) >= 11 is 0. The highest BCUT2D eigenvalue weighted by atomic mass is 15.1. The number of allylic oxidation sites excluding steroid dienone is 1. The van der Waals surface area contributed by atoms with E-state index in [0.717, 1.165) is 17.7 Å². The molecule has 2 heterocycles. The molecular formula is C9H8N3. The molecule has 1 aliphatic heterocycles. The molecule has 0 bridgehead atoms. The number of nitrogens with zero attached hydrogens (tertiary/aromatic N) is 3. The Bertz CT molecular complexity index is 342. The first-order valence-corrected chi connectivity index (χ1v) is 3.74. The van der Waals surface area contributed by atoms with Gasteiger partial charge in [0.15, 0.2) is 5.82 Å². The summed E-state index contributed by atoms with van der Waals surface area (Å²) in [5.41, 5.74) is 2.02. The molecule has 0 unspecified atom stereocenters. The monoisotopic (exact) mass is 158 g/mol. The Morgan fingerprint density at radius 2 is 2.42 bits per heavy atom. The van der Waals surface area contributed by atoms with Crippen LogP contribution in [0.3, 0.4) is 0 Å². The van der Waals surface area contributed by atoms with Crippen LogP contribution in [0.1, 0.15) is 5.56 Å². The van der Waals surface area contributed by atoms with Crippen LogP contribution in [0.5, 0.6) is 0 Å². The molecule has 12 heavy (non-hydrogen) atoms. The minimum atomic E-state index is 0.717. The summed E-state index contributed by atoms with van der Waals surface area (Å²) in [6.07, 6.45) is 5.95. The van der Waals surface area contributed by atoms with Gasteiger partial charge < -0.3 is 0 Å². The van der Waals surface area contributed by atoms with Crippen LogP contribution in [0.2, 0.25) is 0 Å². The summed E-state index contributed by atoms with van der Waals surface area (Å²) in [5, 5.41) is 4.01. The van der Waals surface area contributed by atoms with Crippen LogP contribution in [0.4, 0.5) is 11.5 Å². The van der Waals surface area contributed by atoms with Crippen molar-refractivity contribution in [3.63, 3.8) is 0 Å². The zero-order chi connectivity index (χ0) is 8.39. The number of hydrogen-bond acceptors (Lipinski definition) is 2. The van der Waals surface area contributed by atoms with Gasteiger partial charge in [-0.05, 0) is 18.1 Å². The number of hydrogen-bond donors (Lipinski definition) is 0. The number of pyridine rings is 1. The van der Waals surface area contributed by atoms with Crippen LogP contribution in [0.25, 0.3) is 0 Å². The number of aliphatic imine (C=N–C) groups is 1. The van der Waals surface area contributed by atoms with Gasteiger partial charge in [-0.25, -0.2) is 15.3 Å². The van der Waals surface area contributed by atoms with Crippen molar-refractivity contribution >= 4 is 17.8 Å². The van der Waals surface area contributed by atoms with E-state index in [1.54, 1.807) is 6.20 Å². The average molecular weight is 158 g/mol. The summed E-state index contributed by atoms with van der Waals surface area (Å²) in [4.78, 5) is 8.19. The highest BCUT2D eigenvalue weighted by Crippen LogP contribution is 2.30. The number of fused-ring (bicyclic) bond motifs is 1. The molecular weight excluding hydrogens is 150 g/mol. The molecule has 0 atom stereocenters. The van der Waals surface area contributed by atoms with Crippen LogP contribution in [0, 0.1) is 0 Å². The third-order valence-corrected chi connectivity index (χ3v) is 1.72. The maximum atomic E-state index is 4.12. The quantitative estimate of drug-likeness (QED) is 0.604. The van der Waals surface area contributed by atoms with Gasteiger partial charge >= 0.3 is 0 Å². The van der Waals surface area contributed by atoms with Crippen molar-refractivity contribution in [2.75, 3.05) is 0 Å². The largest absolute Gasteiger partial charge is 0.235 e. The molecule has 0 aliphatic carbocycles. The fraction of sp³-hybridized carbons (Fsp3) is 0.111. The summed E-state index contributed by atoms with van der Waals surface area (Å²) in [5.74, 6) is 0.717. The van der Waals surface area contributed by atoms with E-state index in [9.17, 15) is 0 Å². The van der Waals surface area contributed by atoms with E-state index in [4.69, 9.17) is 0 Å². The first-order chi connectivity index (χ1) is 5.92. The van der Waals surface area contributed by atoms with Crippen LogP contribution in [0.15, 0.2) is 29.9 Å². The second-order valence-corrected chi connectivity index (χ2v) is 2.51. The van der Waals surface area contributed by atoms with Gasteiger partial charge in [-0.2, -0.15) is 0 Å². The predicted molar refractivity (Wildman–Crippen MR) is 48.1 cm³/mol. The van der Waals surface area contributed by atoms with E-state index >= 15 is 0 Å². The van der Waals surface area contributed by atoms with Crippen molar-refractivity contribution in [2.24, 2.45) is 4.99 Å². The minimum Gasteiger partial charge on any atom is -0.235 e. The molecule has 1 aromatic heterocycles. The van der Waals surface area contributed by atoms with Gasteiger partial charge in [0, 0.05) is 6.20 Å². The smallest absolute Gasteiger partial charge is 0.179 e. The highest BCUT2D eigenvalue weighted by molar-refractivity contribution is 5.81. The first kappa shape index (κ1) is 7.03. The minimum absolute atomic E-state index is 0.717. The van der Waals surface area contributed by atoms with Crippen molar-refractivity contribution < 1.29 is 0 Å². The lowest BCUT2D eigenvalue weighted by Gasteiger charge is -2.00. The lowest BCUT2D eigenvalue weighted by molar-refractivity contribution is 1.16. The number of aromatic nitrogens is 1. The molecule has 59 valence electrons. The molecule has 3 nitrogen and oxygen atoms in total. The summed E-state index contributed by atoms with van der Waals surface area (Å²) < 4.78 is 0. The molecule has 0 saturated carbocycles. The van der Waals surface area contributed by atoms with Crippen molar-refractivity contribution in [1.29, 1.82) is 0 Å². The Morgan fingerprint density at radius 3 is 3.25 bits per heavy atom. The Labute approximate surface area is 70.9 Å².